The molecule has 0 aliphatic rings. The van der Waals surface area contributed by atoms with E-state index in [1.165, 1.54) is 13.3 Å². The van der Waals surface area contributed by atoms with Gasteiger partial charge in [0.2, 0.25) is 0 Å². The van der Waals surface area contributed by atoms with Crippen LogP contribution in [0.15, 0.2) is 11.0 Å². The third-order valence-electron chi connectivity index (χ3n) is 2.87. The molecular formula is C12H18ClN3O3. The van der Waals surface area contributed by atoms with Gasteiger partial charge in [0, 0.05) is 6.04 Å². The first-order chi connectivity index (χ1) is 8.86. The molecule has 6 nitrogen and oxygen atoms in total. The van der Waals surface area contributed by atoms with Gasteiger partial charge in [-0.2, -0.15) is 5.10 Å². The van der Waals surface area contributed by atoms with Gasteiger partial charge in [-0.15, -0.1) is 0 Å². The van der Waals surface area contributed by atoms with E-state index in [4.69, 9.17) is 11.6 Å². The van der Waals surface area contributed by atoms with Crippen molar-refractivity contribution in [3.63, 3.8) is 0 Å². The summed E-state index contributed by atoms with van der Waals surface area (Å²) in [7, 11) is 1.25. The Morgan fingerprint density at radius 1 is 1.53 bits per heavy atom. The zero-order valence-electron chi connectivity index (χ0n) is 11.4. The Morgan fingerprint density at radius 2 is 2.16 bits per heavy atom. The molecule has 106 valence electrons. The maximum absolute atomic E-state index is 11.9. The van der Waals surface area contributed by atoms with E-state index in [0.717, 1.165) is 4.68 Å². The maximum Gasteiger partial charge on any atom is 0.327 e. The fourth-order valence-electron chi connectivity index (χ4n) is 1.28. The molecule has 1 aromatic heterocycles. The van der Waals surface area contributed by atoms with E-state index in [-0.39, 0.29) is 17.6 Å². The van der Waals surface area contributed by atoms with Crippen LogP contribution in [0.3, 0.4) is 0 Å². The van der Waals surface area contributed by atoms with Crippen molar-refractivity contribution in [1.29, 1.82) is 0 Å². The minimum atomic E-state index is -0.554. The molecule has 1 unspecified atom stereocenters. The van der Waals surface area contributed by atoms with Gasteiger partial charge in [-0.1, -0.05) is 25.4 Å². The van der Waals surface area contributed by atoms with Gasteiger partial charge in [-0.25, -0.2) is 4.68 Å². The lowest BCUT2D eigenvalue weighted by atomic mass is 10.1. The van der Waals surface area contributed by atoms with Crippen LogP contribution >= 0.6 is 11.6 Å². The van der Waals surface area contributed by atoms with Gasteiger partial charge in [-0.3, -0.25) is 9.59 Å². The molecule has 0 fully saturated rings. The van der Waals surface area contributed by atoms with Crippen LogP contribution in [0.1, 0.15) is 20.8 Å². The number of methoxy groups -OCH3 is 1. The normalized spacial score (nSPS) is 12.3. The lowest BCUT2D eigenvalue weighted by Gasteiger charge is -2.19. The third-order valence-corrected chi connectivity index (χ3v) is 3.24. The molecule has 19 heavy (non-hydrogen) atoms. The predicted octanol–water partition coefficient (Wildman–Crippen LogP) is 1.53. The van der Waals surface area contributed by atoms with E-state index in [1.54, 1.807) is 0 Å². The average Bonchev–Trinajstić information content (AvgIpc) is 2.37. The quantitative estimate of drug-likeness (QED) is 0.831. The third kappa shape index (κ3) is 3.96. The Morgan fingerprint density at radius 3 is 2.68 bits per heavy atom. The molecule has 7 heteroatoms. The fourth-order valence-corrected chi connectivity index (χ4v) is 1.48. The van der Waals surface area contributed by atoms with Crippen LogP contribution in [0.2, 0.25) is 5.02 Å². The van der Waals surface area contributed by atoms with Crippen molar-refractivity contribution >= 4 is 23.3 Å². The molecule has 0 radical (unpaired) electrons. The highest BCUT2D eigenvalue weighted by Gasteiger charge is 2.14. The lowest BCUT2D eigenvalue weighted by Crippen LogP contribution is -2.30. The molecule has 1 N–H and O–H groups in total. The van der Waals surface area contributed by atoms with Crippen molar-refractivity contribution in [3.05, 3.63) is 21.6 Å². The molecule has 1 atom stereocenters. The molecule has 0 spiro atoms. The number of esters is 1. The Bertz CT molecular complexity index is 513. The van der Waals surface area contributed by atoms with Crippen LogP contribution in [-0.2, 0) is 16.1 Å². The van der Waals surface area contributed by atoms with Gasteiger partial charge in [0.15, 0.2) is 0 Å². The van der Waals surface area contributed by atoms with Crippen molar-refractivity contribution in [2.24, 2.45) is 5.92 Å². The highest BCUT2D eigenvalue weighted by molar-refractivity contribution is 6.32. The van der Waals surface area contributed by atoms with E-state index < -0.39 is 11.5 Å². The topological polar surface area (TPSA) is 73.2 Å². The summed E-state index contributed by atoms with van der Waals surface area (Å²) in [5.41, 5.74) is -0.0537. The van der Waals surface area contributed by atoms with Crippen LogP contribution in [0.5, 0.6) is 0 Å². The first-order valence-electron chi connectivity index (χ1n) is 5.95. The predicted molar refractivity (Wildman–Crippen MR) is 73.4 cm³/mol. The summed E-state index contributed by atoms with van der Waals surface area (Å²) < 4.78 is 5.45. The maximum atomic E-state index is 11.9. The number of carbonyl (C=O) groups excluding carboxylic acids is 1. The Kier molecular flexibility index (Phi) is 5.35. The lowest BCUT2D eigenvalue weighted by molar-refractivity contribution is -0.141. The second kappa shape index (κ2) is 6.56. The highest BCUT2D eigenvalue weighted by atomic mass is 35.5. The van der Waals surface area contributed by atoms with Gasteiger partial charge in [-0.05, 0) is 12.8 Å². The molecule has 0 aromatic carbocycles. The molecule has 1 aromatic rings. The van der Waals surface area contributed by atoms with Crippen molar-refractivity contribution in [2.45, 2.75) is 33.4 Å². The zero-order chi connectivity index (χ0) is 14.6. The van der Waals surface area contributed by atoms with Gasteiger partial charge in [0.1, 0.15) is 11.6 Å². The molecule has 1 rings (SSSR count). The van der Waals surface area contributed by atoms with Crippen LogP contribution in [0, 0.1) is 5.92 Å². The van der Waals surface area contributed by atoms with E-state index in [9.17, 15) is 9.59 Å². The molecule has 0 aliphatic carbocycles. The molecule has 1 heterocycles. The van der Waals surface area contributed by atoms with Crippen molar-refractivity contribution in [3.8, 4) is 0 Å². The number of carbonyl (C=O) groups is 1. The van der Waals surface area contributed by atoms with Crippen LogP contribution in [0.4, 0.5) is 5.69 Å². The van der Waals surface area contributed by atoms with Crippen LogP contribution < -0.4 is 10.9 Å². The number of aromatic nitrogens is 2. The summed E-state index contributed by atoms with van der Waals surface area (Å²) in [5, 5.41) is 7.04. The number of hydrogen-bond donors (Lipinski definition) is 1. The Hall–Kier alpha value is -1.56. The smallest absolute Gasteiger partial charge is 0.327 e. The minimum Gasteiger partial charge on any atom is -0.468 e. The molecule has 0 bridgehead atoms. The van der Waals surface area contributed by atoms with Crippen LogP contribution in [-0.4, -0.2) is 28.9 Å². The monoisotopic (exact) mass is 287 g/mol. The van der Waals surface area contributed by atoms with Crippen LogP contribution in [0.25, 0.3) is 0 Å². The van der Waals surface area contributed by atoms with Gasteiger partial charge in [0.05, 0.1) is 19.0 Å². The SMILES string of the molecule is COC(=O)Cn1ncc(NC(C)C(C)C)c(Cl)c1=O. The van der Waals surface area contributed by atoms with E-state index >= 15 is 0 Å². The Balaban J connectivity index is 2.98. The number of nitrogens with zero attached hydrogens (tertiary/aromatic N) is 2. The number of ether oxygens (including phenoxy) is 1. The summed E-state index contributed by atoms with van der Waals surface area (Å²) in [4.78, 5) is 23.0. The first-order valence-corrected chi connectivity index (χ1v) is 6.33. The van der Waals surface area contributed by atoms with Gasteiger partial charge >= 0.3 is 5.97 Å². The minimum absolute atomic E-state index is 0.0198. The van der Waals surface area contributed by atoms with E-state index in [2.05, 4.69) is 29.0 Å². The fraction of sp³-hybridized carbons (Fsp3) is 0.583. The number of halogens is 1. The number of nitrogens with one attached hydrogen (secondary N) is 1. The average molecular weight is 288 g/mol. The van der Waals surface area contributed by atoms with Gasteiger partial charge < -0.3 is 10.1 Å². The molecule has 0 saturated heterocycles. The summed E-state index contributed by atoms with van der Waals surface area (Å²) in [6, 6.07) is 0.148. The number of anilines is 1. The summed E-state index contributed by atoms with van der Waals surface area (Å²) in [6.07, 6.45) is 1.44. The van der Waals surface area contributed by atoms with Crippen molar-refractivity contribution in [2.75, 3.05) is 12.4 Å². The molecule has 0 amide bonds. The Labute approximate surface area is 116 Å². The zero-order valence-corrected chi connectivity index (χ0v) is 12.2. The van der Waals surface area contributed by atoms with Gasteiger partial charge in [0.25, 0.3) is 5.56 Å². The second-order valence-corrected chi connectivity index (χ2v) is 4.97. The first kappa shape index (κ1) is 15.5. The summed E-state index contributed by atoms with van der Waals surface area (Å²) in [6.45, 7) is 5.84. The number of hydrogen-bond acceptors (Lipinski definition) is 5. The summed E-state index contributed by atoms with van der Waals surface area (Å²) >= 11 is 5.99. The standard InChI is InChI=1S/C12H18ClN3O3/c1-7(2)8(3)15-9-5-14-16(6-10(17)19-4)12(18)11(9)13/h5,7-8,15H,6H2,1-4H3. The molecular weight excluding hydrogens is 270 g/mol. The summed E-state index contributed by atoms with van der Waals surface area (Å²) in [5.74, 6) is -0.171. The number of rotatable bonds is 5. The largest absolute Gasteiger partial charge is 0.468 e. The van der Waals surface area contributed by atoms with Crippen molar-refractivity contribution < 1.29 is 9.53 Å². The molecule has 0 aliphatic heterocycles. The van der Waals surface area contributed by atoms with Crippen molar-refractivity contribution in [1.82, 2.24) is 9.78 Å². The second-order valence-electron chi connectivity index (χ2n) is 4.59. The molecule has 0 saturated carbocycles. The van der Waals surface area contributed by atoms with E-state index in [1.807, 2.05) is 6.92 Å². The highest BCUT2D eigenvalue weighted by Crippen LogP contribution is 2.18. The van der Waals surface area contributed by atoms with E-state index in [0.29, 0.717) is 11.6 Å².